The largest absolute Gasteiger partial charge is 0.396 e. The fourth-order valence-electron chi connectivity index (χ4n) is 2.30. The molecule has 0 aliphatic heterocycles. The molecule has 8 nitrogen and oxygen atoms in total. The molecule has 0 bridgehead atoms. The number of hydrogen-bond donors (Lipinski definition) is 4. The molecule has 10 heteroatoms. The number of aromatic amines is 1. The summed E-state index contributed by atoms with van der Waals surface area (Å²) in [4.78, 5) is 12.5. The average molecular weight is 378 g/mol. The maximum Gasteiger partial charge on any atom is 0.225 e. The highest BCUT2D eigenvalue weighted by Gasteiger charge is 2.15. The summed E-state index contributed by atoms with van der Waals surface area (Å²) < 4.78 is 13.1. The minimum atomic E-state index is -0.431. The number of anilines is 3. The summed E-state index contributed by atoms with van der Waals surface area (Å²) in [6.45, 7) is 1.80. The first kappa shape index (κ1) is 18.0. The lowest BCUT2D eigenvalue weighted by molar-refractivity contribution is 0.279. The lowest BCUT2D eigenvalue weighted by Crippen LogP contribution is -2.16. The van der Waals surface area contributed by atoms with Crippen molar-refractivity contribution in [2.45, 2.75) is 19.4 Å². The van der Waals surface area contributed by atoms with Gasteiger partial charge in [-0.05, 0) is 25.5 Å². The number of nitrogens with zero attached hydrogens (tertiary/aromatic N) is 4. The van der Waals surface area contributed by atoms with Crippen LogP contribution >= 0.6 is 11.6 Å². The third-order valence-corrected chi connectivity index (χ3v) is 3.80. The summed E-state index contributed by atoms with van der Waals surface area (Å²) in [7, 11) is 0. The minimum Gasteiger partial charge on any atom is -0.396 e. The van der Waals surface area contributed by atoms with Crippen molar-refractivity contribution < 1.29 is 9.50 Å². The Morgan fingerprint density at radius 2 is 2.15 bits per heavy atom. The van der Waals surface area contributed by atoms with E-state index in [1.807, 2.05) is 13.0 Å². The quantitative estimate of drug-likeness (QED) is 0.500. The molecule has 0 saturated heterocycles. The van der Waals surface area contributed by atoms with Gasteiger partial charge in [-0.3, -0.25) is 10.1 Å². The Balaban J connectivity index is 1.80. The molecule has 0 unspecified atom stereocenters. The van der Waals surface area contributed by atoms with Crippen molar-refractivity contribution in [3.8, 4) is 0 Å². The van der Waals surface area contributed by atoms with Gasteiger partial charge >= 0.3 is 0 Å². The summed E-state index contributed by atoms with van der Waals surface area (Å²) in [5, 5.41) is 22.6. The highest BCUT2D eigenvalue weighted by Crippen LogP contribution is 2.25. The fraction of sp³-hybridized carbons (Fsp3) is 0.250. The fourth-order valence-corrected chi connectivity index (χ4v) is 2.44. The van der Waals surface area contributed by atoms with Gasteiger partial charge in [-0.2, -0.15) is 10.1 Å². The Labute approximate surface area is 153 Å². The van der Waals surface area contributed by atoms with Gasteiger partial charge in [0.1, 0.15) is 10.8 Å². The second-order valence-corrected chi connectivity index (χ2v) is 5.97. The van der Waals surface area contributed by atoms with Gasteiger partial charge in [-0.25, -0.2) is 9.37 Å². The van der Waals surface area contributed by atoms with Crippen LogP contribution in [-0.4, -0.2) is 36.9 Å². The first-order valence-electron chi connectivity index (χ1n) is 7.85. The van der Waals surface area contributed by atoms with Gasteiger partial charge in [0.15, 0.2) is 11.6 Å². The van der Waals surface area contributed by atoms with Gasteiger partial charge in [0.05, 0.1) is 24.1 Å². The van der Waals surface area contributed by atoms with E-state index in [4.69, 9.17) is 11.6 Å². The summed E-state index contributed by atoms with van der Waals surface area (Å²) in [6.07, 6.45) is 2.93. The number of aliphatic hydroxyl groups excluding tert-OH is 1. The van der Waals surface area contributed by atoms with Crippen LogP contribution in [0.15, 0.2) is 30.6 Å². The van der Waals surface area contributed by atoms with Crippen LogP contribution in [0, 0.1) is 12.7 Å². The SMILES string of the molecule is Cc1cc(Nc2nc(N[C@@H](CCO)c3ccc(F)cn3)ncc2Cl)n[nH]1. The molecule has 26 heavy (non-hydrogen) atoms. The third-order valence-electron chi connectivity index (χ3n) is 3.52. The Morgan fingerprint density at radius 1 is 1.31 bits per heavy atom. The number of aromatic nitrogens is 5. The van der Waals surface area contributed by atoms with E-state index in [0.717, 1.165) is 11.9 Å². The van der Waals surface area contributed by atoms with Crippen LogP contribution in [0.25, 0.3) is 0 Å². The maximum atomic E-state index is 13.1. The van der Waals surface area contributed by atoms with Gasteiger partial charge in [0.25, 0.3) is 0 Å². The zero-order valence-corrected chi connectivity index (χ0v) is 14.6. The molecule has 0 aliphatic carbocycles. The molecule has 0 aromatic carbocycles. The zero-order chi connectivity index (χ0) is 18.5. The normalized spacial score (nSPS) is 12.0. The van der Waals surface area contributed by atoms with E-state index >= 15 is 0 Å². The number of pyridine rings is 1. The Morgan fingerprint density at radius 3 is 2.81 bits per heavy atom. The topological polar surface area (TPSA) is 112 Å². The van der Waals surface area contributed by atoms with E-state index in [1.54, 1.807) is 6.07 Å². The van der Waals surface area contributed by atoms with E-state index in [2.05, 4.69) is 35.8 Å². The van der Waals surface area contributed by atoms with Gasteiger partial charge in [-0.1, -0.05) is 11.6 Å². The number of H-pyrrole nitrogens is 1. The van der Waals surface area contributed by atoms with Crippen LogP contribution in [0.2, 0.25) is 5.02 Å². The molecule has 3 aromatic rings. The summed E-state index contributed by atoms with van der Waals surface area (Å²) >= 11 is 6.14. The van der Waals surface area contributed by atoms with Crippen molar-refractivity contribution in [3.63, 3.8) is 0 Å². The summed E-state index contributed by atoms with van der Waals surface area (Å²) in [6, 6.07) is 4.28. The van der Waals surface area contributed by atoms with Crippen LogP contribution in [0.5, 0.6) is 0 Å². The highest BCUT2D eigenvalue weighted by molar-refractivity contribution is 6.32. The number of halogens is 2. The molecule has 0 radical (unpaired) electrons. The minimum absolute atomic E-state index is 0.0814. The number of hydrogen-bond acceptors (Lipinski definition) is 7. The highest BCUT2D eigenvalue weighted by atomic mass is 35.5. The number of nitrogens with one attached hydrogen (secondary N) is 3. The molecule has 136 valence electrons. The predicted octanol–water partition coefficient (Wildman–Crippen LogP) is 2.97. The van der Waals surface area contributed by atoms with Crippen molar-refractivity contribution in [2.24, 2.45) is 0 Å². The number of aryl methyl sites for hydroxylation is 1. The van der Waals surface area contributed by atoms with E-state index < -0.39 is 5.82 Å². The molecule has 0 fully saturated rings. The van der Waals surface area contributed by atoms with Crippen LogP contribution in [-0.2, 0) is 0 Å². The number of rotatable bonds is 7. The lowest BCUT2D eigenvalue weighted by atomic mass is 10.1. The average Bonchev–Trinajstić information content (AvgIpc) is 3.03. The van der Waals surface area contributed by atoms with Crippen molar-refractivity contribution in [1.29, 1.82) is 0 Å². The van der Waals surface area contributed by atoms with Crippen LogP contribution in [0.1, 0.15) is 23.9 Å². The molecular formula is C16H17ClFN7O. The second-order valence-electron chi connectivity index (χ2n) is 5.56. The monoisotopic (exact) mass is 377 g/mol. The van der Waals surface area contributed by atoms with Gasteiger partial charge in [-0.15, -0.1) is 0 Å². The van der Waals surface area contributed by atoms with E-state index in [1.165, 1.54) is 12.3 Å². The molecule has 1 atom stereocenters. The van der Waals surface area contributed by atoms with Gasteiger partial charge < -0.3 is 15.7 Å². The molecule has 4 N–H and O–H groups in total. The molecule has 0 amide bonds. The number of aliphatic hydroxyl groups is 1. The second kappa shape index (κ2) is 8.07. The predicted molar refractivity (Wildman–Crippen MR) is 95.9 cm³/mol. The maximum absolute atomic E-state index is 13.1. The smallest absolute Gasteiger partial charge is 0.225 e. The van der Waals surface area contributed by atoms with E-state index in [9.17, 15) is 9.50 Å². The Hall–Kier alpha value is -2.78. The van der Waals surface area contributed by atoms with E-state index in [0.29, 0.717) is 28.8 Å². The molecule has 0 spiro atoms. The van der Waals surface area contributed by atoms with E-state index in [-0.39, 0.29) is 18.6 Å². The van der Waals surface area contributed by atoms with Crippen molar-refractivity contribution in [3.05, 3.63) is 52.8 Å². The van der Waals surface area contributed by atoms with Gasteiger partial charge in [0, 0.05) is 18.4 Å². The van der Waals surface area contributed by atoms with Crippen LogP contribution in [0.4, 0.5) is 22.0 Å². The molecule has 0 aliphatic rings. The lowest BCUT2D eigenvalue weighted by Gasteiger charge is -2.18. The standard InChI is InChI=1S/C16H17ClFN7O/c1-9-6-14(25-24-9)22-15-11(17)8-20-16(23-15)21-13(4-5-26)12-3-2-10(18)7-19-12/h2-3,6-8,13,26H,4-5H2,1H3,(H3,20,21,22,23,24,25)/t13-/m0/s1. The first-order chi connectivity index (χ1) is 12.5. The summed E-state index contributed by atoms with van der Waals surface area (Å²) in [5.41, 5.74) is 1.46. The first-order valence-corrected chi connectivity index (χ1v) is 8.23. The molecule has 3 rings (SSSR count). The van der Waals surface area contributed by atoms with Crippen LogP contribution in [0.3, 0.4) is 0 Å². The zero-order valence-electron chi connectivity index (χ0n) is 13.9. The molecule has 3 heterocycles. The van der Waals surface area contributed by atoms with Crippen molar-refractivity contribution in [2.75, 3.05) is 17.2 Å². The third kappa shape index (κ3) is 4.44. The van der Waals surface area contributed by atoms with Crippen molar-refractivity contribution >= 4 is 29.2 Å². The molecule has 3 aromatic heterocycles. The molecule has 0 saturated carbocycles. The van der Waals surface area contributed by atoms with Crippen molar-refractivity contribution in [1.82, 2.24) is 25.1 Å². The van der Waals surface area contributed by atoms with Crippen LogP contribution < -0.4 is 10.6 Å². The van der Waals surface area contributed by atoms with Gasteiger partial charge in [0.2, 0.25) is 5.95 Å². The molecular weight excluding hydrogens is 361 g/mol. The Kier molecular flexibility index (Phi) is 5.59. The summed E-state index contributed by atoms with van der Waals surface area (Å²) in [5.74, 6) is 0.806. The Bertz CT molecular complexity index is 871.